The molecule has 3 rings (SSSR count). The lowest BCUT2D eigenvalue weighted by Gasteiger charge is -2.41. The Hall–Kier alpha value is -0.980. The van der Waals surface area contributed by atoms with Crippen molar-refractivity contribution in [1.82, 2.24) is 19.9 Å². The average Bonchev–Trinajstić information content (AvgIpc) is 2.67. The van der Waals surface area contributed by atoms with Gasteiger partial charge >= 0.3 is 0 Å². The lowest BCUT2D eigenvalue weighted by Crippen LogP contribution is -2.51. The number of ether oxygens (including phenoxy) is 1. The Bertz CT molecular complexity index is 625. The van der Waals surface area contributed by atoms with Crippen LogP contribution in [0, 0.1) is 0 Å². The number of nitrogens with one attached hydrogen (secondary N) is 1. The van der Waals surface area contributed by atoms with E-state index in [1.54, 1.807) is 6.20 Å². The molecule has 1 aliphatic heterocycles. The molecule has 1 N–H and O–H groups in total. The van der Waals surface area contributed by atoms with Crippen LogP contribution in [0.15, 0.2) is 16.7 Å². The van der Waals surface area contributed by atoms with Crippen molar-refractivity contribution in [3.8, 4) is 0 Å². The number of hydrogen-bond donors (Lipinski definition) is 1. The van der Waals surface area contributed by atoms with Crippen LogP contribution in [0.25, 0.3) is 11.2 Å². The van der Waals surface area contributed by atoms with Crippen LogP contribution in [-0.2, 0) is 11.3 Å². The molecule has 0 bridgehead atoms. The first-order valence-corrected chi connectivity index (χ1v) is 7.61. The number of nitrogens with zero attached hydrogens (tertiary/aromatic N) is 3. The number of aromatic nitrogens is 3. The molecule has 108 valence electrons. The van der Waals surface area contributed by atoms with Gasteiger partial charge in [-0.1, -0.05) is 0 Å². The minimum absolute atomic E-state index is 0.106. The quantitative estimate of drug-likeness (QED) is 0.914. The van der Waals surface area contributed by atoms with Gasteiger partial charge in [0.1, 0.15) is 5.82 Å². The standard InChI is InChI=1S/C14H19BrN4O/c1-9-6-19(8-14(2,3)20-9)7-12-17-11-4-10(15)5-16-13(11)18-12/h4-5,9H,6-8H2,1-3H3,(H,16,17,18). The van der Waals surface area contributed by atoms with Crippen molar-refractivity contribution in [2.45, 2.75) is 39.0 Å². The van der Waals surface area contributed by atoms with Gasteiger partial charge < -0.3 is 9.72 Å². The molecule has 1 aliphatic rings. The van der Waals surface area contributed by atoms with E-state index in [1.165, 1.54) is 0 Å². The largest absolute Gasteiger partial charge is 0.370 e. The number of pyridine rings is 1. The van der Waals surface area contributed by atoms with E-state index in [4.69, 9.17) is 4.74 Å². The summed E-state index contributed by atoms with van der Waals surface area (Å²) < 4.78 is 6.88. The molecular weight excluding hydrogens is 320 g/mol. The first-order chi connectivity index (χ1) is 9.41. The zero-order chi connectivity index (χ0) is 14.3. The SMILES string of the molecule is CC1CN(Cc2nc3ncc(Br)cc3[nH]2)CC(C)(C)O1. The minimum atomic E-state index is -0.106. The van der Waals surface area contributed by atoms with Crippen molar-refractivity contribution in [2.24, 2.45) is 0 Å². The maximum Gasteiger partial charge on any atom is 0.177 e. The van der Waals surface area contributed by atoms with Crippen molar-refractivity contribution in [1.29, 1.82) is 0 Å². The molecule has 0 aliphatic carbocycles. The van der Waals surface area contributed by atoms with E-state index in [0.717, 1.165) is 41.1 Å². The second-order valence-corrected chi connectivity index (χ2v) is 6.98. The van der Waals surface area contributed by atoms with Gasteiger partial charge in [0.05, 0.1) is 23.8 Å². The Kier molecular flexibility index (Phi) is 3.56. The number of imidazole rings is 1. The highest BCUT2D eigenvalue weighted by atomic mass is 79.9. The molecule has 3 heterocycles. The summed E-state index contributed by atoms with van der Waals surface area (Å²) in [6.45, 7) is 9.01. The van der Waals surface area contributed by atoms with Crippen molar-refractivity contribution in [2.75, 3.05) is 13.1 Å². The summed E-state index contributed by atoms with van der Waals surface area (Å²) >= 11 is 3.43. The predicted octanol–water partition coefficient (Wildman–Crippen LogP) is 2.72. The van der Waals surface area contributed by atoms with Crippen LogP contribution in [-0.4, -0.2) is 44.6 Å². The Labute approximate surface area is 126 Å². The number of rotatable bonds is 2. The van der Waals surface area contributed by atoms with E-state index in [2.05, 4.69) is 56.6 Å². The predicted molar refractivity (Wildman–Crippen MR) is 81.5 cm³/mol. The minimum Gasteiger partial charge on any atom is -0.370 e. The summed E-state index contributed by atoms with van der Waals surface area (Å²) in [7, 11) is 0. The second-order valence-electron chi connectivity index (χ2n) is 6.07. The normalized spacial score (nSPS) is 23.3. The van der Waals surface area contributed by atoms with Gasteiger partial charge in [0.15, 0.2) is 5.65 Å². The number of morpholine rings is 1. The van der Waals surface area contributed by atoms with Gasteiger partial charge in [-0.3, -0.25) is 4.90 Å². The lowest BCUT2D eigenvalue weighted by molar-refractivity contribution is -0.131. The number of halogens is 1. The smallest absolute Gasteiger partial charge is 0.177 e. The highest BCUT2D eigenvalue weighted by Gasteiger charge is 2.31. The number of aromatic amines is 1. The molecule has 5 nitrogen and oxygen atoms in total. The third kappa shape index (κ3) is 3.02. The molecular formula is C14H19BrN4O. The van der Waals surface area contributed by atoms with Gasteiger partial charge in [-0.2, -0.15) is 0 Å². The highest BCUT2D eigenvalue weighted by Crippen LogP contribution is 2.22. The molecule has 1 saturated heterocycles. The molecule has 20 heavy (non-hydrogen) atoms. The fourth-order valence-electron chi connectivity index (χ4n) is 2.92. The van der Waals surface area contributed by atoms with Crippen LogP contribution in [0.1, 0.15) is 26.6 Å². The Morgan fingerprint density at radius 1 is 1.55 bits per heavy atom. The van der Waals surface area contributed by atoms with Crippen molar-refractivity contribution in [3.63, 3.8) is 0 Å². The molecule has 0 spiro atoms. The maximum absolute atomic E-state index is 5.93. The second kappa shape index (κ2) is 5.09. The van der Waals surface area contributed by atoms with E-state index >= 15 is 0 Å². The van der Waals surface area contributed by atoms with Gasteiger partial charge in [0.25, 0.3) is 0 Å². The molecule has 1 unspecified atom stereocenters. The van der Waals surface area contributed by atoms with E-state index in [1.807, 2.05) is 6.07 Å². The summed E-state index contributed by atoms with van der Waals surface area (Å²) in [5.41, 5.74) is 1.63. The molecule has 0 aromatic carbocycles. The van der Waals surface area contributed by atoms with Crippen molar-refractivity contribution >= 4 is 27.1 Å². The number of hydrogen-bond acceptors (Lipinski definition) is 4. The van der Waals surface area contributed by atoms with Crippen molar-refractivity contribution in [3.05, 3.63) is 22.6 Å². The molecule has 0 amide bonds. The van der Waals surface area contributed by atoms with Crippen LogP contribution < -0.4 is 0 Å². The van der Waals surface area contributed by atoms with E-state index in [9.17, 15) is 0 Å². The fraction of sp³-hybridized carbons (Fsp3) is 0.571. The zero-order valence-corrected chi connectivity index (χ0v) is 13.6. The topological polar surface area (TPSA) is 54.0 Å². The molecule has 0 saturated carbocycles. The lowest BCUT2D eigenvalue weighted by atomic mass is 10.1. The summed E-state index contributed by atoms with van der Waals surface area (Å²) in [4.78, 5) is 14.6. The average molecular weight is 339 g/mol. The van der Waals surface area contributed by atoms with Crippen LogP contribution in [0.5, 0.6) is 0 Å². The summed E-state index contributed by atoms with van der Waals surface area (Å²) in [6, 6.07) is 2.00. The van der Waals surface area contributed by atoms with Crippen LogP contribution in [0.4, 0.5) is 0 Å². The highest BCUT2D eigenvalue weighted by molar-refractivity contribution is 9.10. The summed E-state index contributed by atoms with van der Waals surface area (Å²) in [5.74, 6) is 0.954. The first kappa shape index (κ1) is 14.0. The molecule has 2 aromatic heterocycles. The molecule has 6 heteroatoms. The Balaban J connectivity index is 1.78. The van der Waals surface area contributed by atoms with Crippen LogP contribution in [0.2, 0.25) is 0 Å². The third-order valence-corrected chi connectivity index (χ3v) is 3.80. The number of H-pyrrole nitrogens is 1. The first-order valence-electron chi connectivity index (χ1n) is 6.82. The summed E-state index contributed by atoms with van der Waals surface area (Å²) in [6.07, 6.45) is 2.02. The Morgan fingerprint density at radius 2 is 2.35 bits per heavy atom. The monoisotopic (exact) mass is 338 g/mol. The van der Waals surface area contributed by atoms with Gasteiger partial charge in [-0.15, -0.1) is 0 Å². The van der Waals surface area contributed by atoms with E-state index in [-0.39, 0.29) is 11.7 Å². The number of fused-ring (bicyclic) bond motifs is 1. The van der Waals surface area contributed by atoms with Gasteiger partial charge in [-0.25, -0.2) is 9.97 Å². The maximum atomic E-state index is 5.93. The van der Waals surface area contributed by atoms with Gasteiger partial charge in [-0.05, 0) is 42.8 Å². The van der Waals surface area contributed by atoms with Crippen LogP contribution in [0.3, 0.4) is 0 Å². The molecule has 2 aromatic rings. The van der Waals surface area contributed by atoms with Gasteiger partial charge in [0, 0.05) is 23.8 Å². The van der Waals surface area contributed by atoms with E-state index < -0.39 is 0 Å². The molecule has 0 radical (unpaired) electrons. The van der Waals surface area contributed by atoms with E-state index in [0.29, 0.717) is 0 Å². The zero-order valence-electron chi connectivity index (χ0n) is 12.0. The molecule has 1 atom stereocenters. The molecule has 1 fully saturated rings. The fourth-order valence-corrected chi connectivity index (χ4v) is 3.25. The summed E-state index contributed by atoms with van der Waals surface area (Å²) in [5, 5.41) is 0. The third-order valence-electron chi connectivity index (χ3n) is 3.37. The van der Waals surface area contributed by atoms with Crippen molar-refractivity contribution < 1.29 is 4.74 Å². The van der Waals surface area contributed by atoms with Crippen LogP contribution >= 0.6 is 15.9 Å². The van der Waals surface area contributed by atoms with Gasteiger partial charge in [0.2, 0.25) is 0 Å². The Morgan fingerprint density at radius 3 is 3.10 bits per heavy atom.